The zero-order valence-corrected chi connectivity index (χ0v) is 10.4. The van der Waals surface area contributed by atoms with Crippen LogP contribution in [0.15, 0.2) is 12.4 Å². The van der Waals surface area contributed by atoms with E-state index in [-0.39, 0.29) is 12.4 Å². The first-order valence-corrected chi connectivity index (χ1v) is 5.69. The van der Waals surface area contributed by atoms with Crippen LogP contribution in [0.25, 0.3) is 0 Å². The van der Waals surface area contributed by atoms with Gasteiger partial charge in [-0.3, -0.25) is 14.7 Å². The van der Waals surface area contributed by atoms with Gasteiger partial charge in [0.15, 0.2) is 0 Å². The van der Waals surface area contributed by atoms with E-state index < -0.39 is 18.1 Å². The first-order chi connectivity index (χ1) is 8.40. The number of aliphatic carboxylic acids is 1. The molecular weight excluding hydrogens is 244 g/mol. The number of hydrogen-bond acceptors (Lipinski definition) is 3. The van der Waals surface area contributed by atoms with Crippen LogP contribution in [-0.4, -0.2) is 26.2 Å². The summed E-state index contributed by atoms with van der Waals surface area (Å²) in [5, 5.41) is 11.9. The molecule has 0 saturated heterocycles. The highest BCUT2D eigenvalue weighted by Crippen LogP contribution is 2.16. The normalized spacial score (nSPS) is 14.7. The number of carboxylic acid groups (broad SMARTS) is 1. The highest BCUT2D eigenvalue weighted by Gasteiger charge is 2.31. The number of carboxylic acids is 1. The van der Waals surface area contributed by atoms with E-state index in [2.05, 4.69) is 10.3 Å². The zero-order chi connectivity index (χ0) is 13.8. The third-order valence-electron chi connectivity index (χ3n) is 2.82. The molecule has 0 aromatic carbocycles. The maximum Gasteiger partial charge on any atom is 0.323 e. The molecule has 0 aliphatic rings. The molecule has 0 bridgehead atoms. The fourth-order valence-corrected chi connectivity index (χ4v) is 1.70. The molecule has 1 unspecified atom stereocenters. The molecule has 5 nitrogen and oxygen atoms in total. The van der Waals surface area contributed by atoms with Crippen molar-refractivity contribution in [2.24, 2.45) is 0 Å². The number of nitrogens with zero attached hydrogens (tertiary/aromatic N) is 2. The molecule has 1 rings (SSSR count). The minimum Gasteiger partial charge on any atom is -0.480 e. The second kappa shape index (κ2) is 5.90. The summed E-state index contributed by atoms with van der Waals surface area (Å²) in [6, 6.07) is 0. The van der Waals surface area contributed by atoms with Crippen LogP contribution in [0, 0.1) is 0 Å². The van der Waals surface area contributed by atoms with Crippen LogP contribution in [0.4, 0.5) is 8.78 Å². The monoisotopic (exact) mass is 261 g/mol. The maximum atomic E-state index is 12.6. The third kappa shape index (κ3) is 3.25. The van der Waals surface area contributed by atoms with Crippen molar-refractivity contribution in [3.8, 4) is 0 Å². The van der Waals surface area contributed by atoms with E-state index in [4.69, 9.17) is 5.11 Å². The van der Waals surface area contributed by atoms with Gasteiger partial charge in [-0.25, -0.2) is 4.98 Å². The van der Waals surface area contributed by atoms with Gasteiger partial charge in [-0.1, -0.05) is 13.3 Å². The van der Waals surface area contributed by atoms with Crippen molar-refractivity contribution >= 4 is 5.97 Å². The minimum atomic E-state index is -2.67. The van der Waals surface area contributed by atoms with Crippen molar-refractivity contribution in [3.05, 3.63) is 18.2 Å². The largest absolute Gasteiger partial charge is 0.480 e. The molecule has 7 heteroatoms. The van der Waals surface area contributed by atoms with Crippen LogP contribution >= 0.6 is 0 Å². The first-order valence-electron chi connectivity index (χ1n) is 5.69. The highest BCUT2D eigenvalue weighted by molar-refractivity contribution is 5.78. The Kier molecular flexibility index (Phi) is 4.77. The number of aromatic nitrogens is 2. The van der Waals surface area contributed by atoms with Crippen molar-refractivity contribution < 1.29 is 18.7 Å². The molecular formula is C11H17F2N3O2. The number of carbonyl (C=O) groups is 1. The summed E-state index contributed by atoms with van der Waals surface area (Å²) >= 11 is 0. The van der Waals surface area contributed by atoms with Crippen LogP contribution in [0.3, 0.4) is 0 Å². The number of imidazole rings is 1. The second-order valence-corrected chi connectivity index (χ2v) is 4.27. The average Bonchev–Trinajstić information content (AvgIpc) is 2.74. The quantitative estimate of drug-likeness (QED) is 0.788. The van der Waals surface area contributed by atoms with E-state index in [1.54, 1.807) is 0 Å². The van der Waals surface area contributed by atoms with Crippen LogP contribution in [0.1, 0.15) is 39.1 Å². The summed E-state index contributed by atoms with van der Waals surface area (Å²) in [5.74, 6) is -0.881. The molecule has 2 N–H and O–H groups in total. The fraction of sp³-hybridized carbons (Fsp3) is 0.636. The zero-order valence-electron chi connectivity index (χ0n) is 10.4. The molecule has 0 radical (unpaired) electrons. The van der Waals surface area contributed by atoms with Gasteiger partial charge in [0.1, 0.15) is 11.4 Å². The summed E-state index contributed by atoms with van der Waals surface area (Å²) in [6.07, 6.45) is 3.53. The molecule has 0 aliphatic heterocycles. The molecule has 1 aromatic rings. The Hall–Kier alpha value is -1.50. The Labute approximate surface area is 104 Å². The lowest BCUT2D eigenvalue weighted by molar-refractivity contribution is -0.144. The van der Waals surface area contributed by atoms with E-state index in [1.807, 2.05) is 6.92 Å². The molecule has 1 heterocycles. The lowest BCUT2D eigenvalue weighted by atomic mass is 9.96. The molecule has 1 aromatic heterocycles. The van der Waals surface area contributed by atoms with Crippen LogP contribution in [-0.2, 0) is 11.3 Å². The van der Waals surface area contributed by atoms with Crippen LogP contribution in [0.5, 0.6) is 0 Å². The van der Waals surface area contributed by atoms with E-state index in [0.29, 0.717) is 17.4 Å². The number of halogens is 2. The van der Waals surface area contributed by atoms with Crippen molar-refractivity contribution in [2.45, 2.75) is 45.3 Å². The van der Waals surface area contributed by atoms with Gasteiger partial charge in [-0.2, -0.15) is 8.78 Å². The lowest BCUT2D eigenvalue weighted by Gasteiger charge is -2.25. The van der Waals surface area contributed by atoms with Gasteiger partial charge in [0.05, 0.1) is 6.54 Å². The van der Waals surface area contributed by atoms with Gasteiger partial charge < -0.3 is 5.11 Å². The fourth-order valence-electron chi connectivity index (χ4n) is 1.70. The predicted octanol–water partition coefficient (Wildman–Crippen LogP) is 2.01. The van der Waals surface area contributed by atoms with Gasteiger partial charge in [0, 0.05) is 12.4 Å². The highest BCUT2D eigenvalue weighted by atomic mass is 19.3. The van der Waals surface area contributed by atoms with Crippen LogP contribution < -0.4 is 5.32 Å². The predicted molar refractivity (Wildman–Crippen MR) is 61.3 cm³/mol. The molecule has 0 amide bonds. The van der Waals surface area contributed by atoms with Gasteiger partial charge in [0.2, 0.25) is 0 Å². The second-order valence-electron chi connectivity index (χ2n) is 4.27. The van der Waals surface area contributed by atoms with Gasteiger partial charge in [-0.05, 0) is 13.3 Å². The average molecular weight is 261 g/mol. The van der Waals surface area contributed by atoms with Gasteiger partial charge in [-0.15, -0.1) is 0 Å². The number of nitrogens with one attached hydrogen (secondary N) is 1. The molecule has 0 saturated carbocycles. The van der Waals surface area contributed by atoms with Crippen molar-refractivity contribution in [1.82, 2.24) is 14.9 Å². The Morgan fingerprint density at radius 1 is 1.67 bits per heavy atom. The molecule has 1 atom stereocenters. The van der Waals surface area contributed by atoms with Crippen LogP contribution in [0.2, 0.25) is 0 Å². The molecule has 0 spiro atoms. The summed E-state index contributed by atoms with van der Waals surface area (Å²) in [5.41, 5.74) is -1.13. The molecule has 18 heavy (non-hydrogen) atoms. The van der Waals surface area contributed by atoms with Crippen molar-refractivity contribution in [1.29, 1.82) is 0 Å². The summed E-state index contributed by atoms with van der Waals surface area (Å²) in [4.78, 5) is 14.9. The Morgan fingerprint density at radius 3 is 2.83 bits per heavy atom. The molecule has 0 aliphatic carbocycles. The smallest absolute Gasteiger partial charge is 0.323 e. The van der Waals surface area contributed by atoms with E-state index >= 15 is 0 Å². The van der Waals surface area contributed by atoms with E-state index in [0.717, 1.165) is 0 Å². The van der Waals surface area contributed by atoms with Crippen molar-refractivity contribution in [2.75, 3.05) is 0 Å². The van der Waals surface area contributed by atoms with E-state index in [9.17, 15) is 13.6 Å². The number of alkyl halides is 2. The Bertz CT molecular complexity index is 409. The van der Waals surface area contributed by atoms with Gasteiger partial charge >= 0.3 is 12.5 Å². The third-order valence-corrected chi connectivity index (χ3v) is 2.82. The summed E-state index contributed by atoms with van der Waals surface area (Å²) < 4.78 is 25.8. The SMILES string of the molecule is CCCC(C)(NCc1nccn1C(F)F)C(=O)O. The number of hydrogen-bond donors (Lipinski definition) is 2. The number of rotatable bonds is 7. The standard InChI is InChI=1S/C11H17F2N3O2/c1-3-4-11(2,9(17)18)15-7-8-14-5-6-16(8)10(12)13/h5-6,10,15H,3-4,7H2,1-2H3,(H,17,18). The Balaban J connectivity index is 2.73. The van der Waals surface area contributed by atoms with Gasteiger partial charge in [0.25, 0.3) is 0 Å². The molecule has 102 valence electrons. The summed E-state index contributed by atoms with van der Waals surface area (Å²) in [6.45, 7) is 0.712. The first kappa shape index (κ1) is 14.6. The Morgan fingerprint density at radius 2 is 2.33 bits per heavy atom. The lowest BCUT2D eigenvalue weighted by Crippen LogP contribution is -2.49. The topological polar surface area (TPSA) is 67.2 Å². The maximum absolute atomic E-state index is 12.6. The molecule has 0 fully saturated rings. The minimum absolute atomic E-state index is 0.0138. The summed E-state index contributed by atoms with van der Waals surface area (Å²) in [7, 11) is 0. The van der Waals surface area contributed by atoms with Crippen molar-refractivity contribution in [3.63, 3.8) is 0 Å². The van der Waals surface area contributed by atoms with E-state index in [1.165, 1.54) is 19.3 Å².